The van der Waals surface area contributed by atoms with Crippen molar-refractivity contribution in [3.63, 3.8) is 0 Å². The first-order chi connectivity index (χ1) is 10.9. The second kappa shape index (κ2) is 7.17. The van der Waals surface area contributed by atoms with E-state index in [-0.39, 0.29) is 5.60 Å². The first kappa shape index (κ1) is 16.9. The van der Waals surface area contributed by atoms with Crippen molar-refractivity contribution >= 4 is 28.8 Å². The first-order valence-corrected chi connectivity index (χ1v) is 7.67. The van der Waals surface area contributed by atoms with Gasteiger partial charge in [0.25, 0.3) is 6.47 Å². The lowest BCUT2D eigenvalue weighted by Gasteiger charge is -2.14. The SMILES string of the molecule is CC(C)(C)OC=O.Nc1cnc2[nH]cc(C3=CNCCC3)c2c1. The molecule has 3 rings (SSSR count). The molecule has 2 aromatic rings. The topological polar surface area (TPSA) is 93.0 Å². The molecule has 0 fully saturated rings. The Morgan fingerprint density at radius 3 is 2.74 bits per heavy atom. The van der Waals surface area contributed by atoms with Crippen LogP contribution in [0.4, 0.5) is 5.69 Å². The fourth-order valence-corrected chi connectivity index (χ4v) is 2.29. The van der Waals surface area contributed by atoms with E-state index in [0.29, 0.717) is 12.2 Å². The lowest BCUT2D eigenvalue weighted by atomic mass is 10.0. The van der Waals surface area contributed by atoms with E-state index >= 15 is 0 Å². The van der Waals surface area contributed by atoms with Gasteiger partial charge in [-0.05, 0) is 45.3 Å². The molecule has 0 radical (unpaired) electrons. The third-order valence-electron chi connectivity index (χ3n) is 3.34. The Labute approximate surface area is 136 Å². The van der Waals surface area contributed by atoms with Crippen LogP contribution in [0.1, 0.15) is 39.2 Å². The van der Waals surface area contributed by atoms with E-state index in [1.807, 2.05) is 33.0 Å². The Morgan fingerprint density at radius 1 is 1.39 bits per heavy atom. The van der Waals surface area contributed by atoms with Crippen molar-refractivity contribution in [3.05, 3.63) is 30.2 Å². The number of nitrogen functional groups attached to an aromatic ring is 1. The van der Waals surface area contributed by atoms with Crippen molar-refractivity contribution < 1.29 is 9.53 Å². The molecule has 23 heavy (non-hydrogen) atoms. The van der Waals surface area contributed by atoms with Crippen molar-refractivity contribution in [1.82, 2.24) is 15.3 Å². The van der Waals surface area contributed by atoms with Crippen LogP contribution in [0, 0.1) is 0 Å². The number of aromatic nitrogens is 2. The van der Waals surface area contributed by atoms with Gasteiger partial charge in [0.15, 0.2) is 0 Å². The number of H-pyrrole nitrogens is 1. The summed E-state index contributed by atoms with van der Waals surface area (Å²) in [7, 11) is 0. The van der Waals surface area contributed by atoms with Gasteiger partial charge in [-0.15, -0.1) is 0 Å². The molecule has 4 N–H and O–H groups in total. The zero-order valence-corrected chi connectivity index (χ0v) is 13.8. The summed E-state index contributed by atoms with van der Waals surface area (Å²) >= 11 is 0. The summed E-state index contributed by atoms with van der Waals surface area (Å²) in [5.74, 6) is 0. The van der Waals surface area contributed by atoms with Gasteiger partial charge < -0.3 is 20.8 Å². The molecule has 0 atom stereocenters. The molecule has 1 aliphatic heterocycles. The van der Waals surface area contributed by atoms with Gasteiger partial charge in [0.1, 0.15) is 11.2 Å². The minimum atomic E-state index is -0.318. The van der Waals surface area contributed by atoms with E-state index in [9.17, 15) is 4.79 Å². The smallest absolute Gasteiger partial charge is 0.293 e. The maximum atomic E-state index is 9.60. The molecule has 0 bridgehead atoms. The predicted octanol–water partition coefficient (Wildman–Crippen LogP) is 2.83. The number of anilines is 1. The molecule has 0 saturated heterocycles. The Balaban J connectivity index is 0.000000236. The minimum Gasteiger partial charge on any atom is -0.462 e. The predicted molar refractivity (Wildman–Crippen MR) is 92.6 cm³/mol. The first-order valence-electron chi connectivity index (χ1n) is 7.67. The van der Waals surface area contributed by atoms with Crippen molar-refractivity contribution in [2.75, 3.05) is 12.3 Å². The van der Waals surface area contributed by atoms with E-state index in [1.54, 1.807) is 6.20 Å². The summed E-state index contributed by atoms with van der Waals surface area (Å²) in [5.41, 5.74) is 9.59. The largest absolute Gasteiger partial charge is 0.462 e. The number of nitrogens with two attached hydrogens (primary N) is 1. The number of nitrogens with zero attached hydrogens (tertiary/aromatic N) is 1. The molecule has 0 unspecified atom stereocenters. The van der Waals surface area contributed by atoms with Crippen LogP contribution in [0.3, 0.4) is 0 Å². The van der Waals surface area contributed by atoms with Gasteiger partial charge in [-0.2, -0.15) is 0 Å². The summed E-state index contributed by atoms with van der Waals surface area (Å²) in [4.78, 5) is 17.0. The zero-order valence-electron chi connectivity index (χ0n) is 13.8. The highest BCUT2D eigenvalue weighted by atomic mass is 16.5. The highest BCUT2D eigenvalue weighted by Gasteiger charge is 2.11. The molecular formula is C17H24N4O2. The summed E-state index contributed by atoms with van der Waals surface area (Å²) < 4.78 is 4.55. The van der Waals surface area contributed by atoms with Gasteiger partial charge in [-0.3, -0.25) is 4.79 Å². The van der Waals surface area contributed by atoms with E-state index < -0.39 is 0 Å². The number of fused-ring (bicyclic) bond motifs is 1. The molecule has 0 spiro atoms. The number of pyridine rings is 1. The number of nitrogens with one attached hydrogen (secondary N) is 2. The Morgan fingerprint density at radius 2 is 2.17 bits per heavy atom. The summed E-state index contributed by atoms with van der Waals surface area (Å²) in [5, 5.41) is 4.38. The van der Waals surface area contributed by atoms with Gasteiger partial charge in [-0.25, -0.2) is 4.98 Å². The van der Waals surface area contributed by atoms with Crippen LogP contribution in [-0.4, -0.2) is 28.6 Å². The van der Waals surface area contributed by atoms with Crippen molar-refractivity contribution in [3.8, 4) is 0 Å². The molecule has 3 heterocycles. The van der Waals surface area contributed by atoms with Gasteiger partial charge in [0.2, 0.25) is 0 Å². The molecule has 0 amide bonds. The average Bonchev–Trinajstić information content (AvgIpc) is 2.90. The number of carbonyl (C=O) groups is 1. The third-order valence-corrected chi connectivity index (χ3v) is 3.34. The summed E-state index contributed by atoms with van der Waals surface area (Å²) in [6.07, 6.45) is 8.06. The van der Waals surface area contributed by atoms with Gasteiger partial charge >= 0.3 is 0 Å². The Hall–Kier alpha value is -2.50. The monoisotopic (exact) mass is 316 g/mol. The Kier molecular flexibility index (Phi) is 5.26. The molecule has 2 aromatic heterocycles. The van der Waals surface area contributed by atoms with Crippen LogP contribution < -0.4 is 11.1 Å². The van der Waals surface area contributed by atoms with Crippen LogP contribution in [0.2, 0.25) is 0 Å². The summed E-state index contributed by atoms with van der Waals surface area (Å²) in [6, 6.07) is 1.98. The highest BCUT2D eigenvalue weighted by molar-refractivity contribution is 5.92. The summed E-state index contributed by atoms with van der Waals surface area (Å²) in [6.45, 7) is 6.98. The number of ether oxygens (including phenoxy) is 1. The van der Waals surface area contributed by atoms with Crippen LogP contribution in [0.25, 0.3) is 16.6 Å². The standard InChI is InChI=1S/C12H14N4.C5H10O2/c13-9-4-10-11(7-16-12(10)15-6-9)8-2-1-3-14-5-8;1-5(2,3)7-4-6/h4-7,14H,1-3,13H2,(H,15,16);4H,1-3H3. The van der Waals surface area contributed by atoms with Crippen LogP contribution >= 0.6 is 0 Å². The number of hydrogen-bond donors (Lipinski definition) is 3. The quantitative estimate of drug-likeness (QED) is 0.741. The van der Waals surface area contributed by atoms with E-state index in [4.69, 9.17) is 5.73 Å². The van der Waals surface area contributed by atoms with Gasteiger partial charge in [0, 0.05) is 29.9 Å². The molecule has 6 nitrogen and oxygen atoms in total. The molecular weight excluding hydrogens is 292 g/mol. The minimum absolute atomic E-state index is 0.318. The second-order valence-electron chi connectivity index (χ2n) is 6.42. The molecule has 0 aliphatic carbocycles. The number of carbonyl (C=O) groups excluding carboxylic acids is 1. The second-order valence-corrected chi connectivity index (χ2v) is 6.42. The zero-order chi connectivity index (χ0) is 16.9. The highest BCUT2D eigenvalue weighted by Crippen LogP contribution is 2.28. The van der Waals surface area contributed by atoms with E-state index in [0.717, 1.165) is 24.0 Å². The van der Waals surface area contributed by atoms with E-state index in [1.165, 1.54) is 17.6 Å². The number of hydrogen-bond acceptors (Lipinski definition) is 5. The fraction of sp³-hybridized carbons (Fsp3) is 0.412. The molecule has 0 saturated carbocycles. The van der Waals surface area contributed by atoms with Crippen LogP contribution in [0.5, 0.6) is 0 Å². The third kappa shape index (κ3) is 4.74. The lowest BCUT2D eigenvalue weighted by Crippen LogP contribution is -2.17. The van der Waals surface area contributed by atoms with Crippen molar-refractivity contribution in [2.24, 2.45) is 0 Å². The number of allylic oxidation sites excluding steroid dienone is 1. The van der Waals surface area contributed by atoms with Gasteiger partial charge in [0.05, 0.1) is 11.9 Å². The fourth-order valence-electron chi connectivity index (χ4n) is 2.29. The van der Waals surface area contributed by atoms with Gasteiger partial charge in [-0.1, -0.05) is 0 Å². The average molecular weight is 316 g/mol. The maximum Gasteiger partial charge on any atom is 0.293 e. The van der Waals surface area contributed by atoms with Crippen LogP contribution in [-0.2, 0) is 9.53 Å². The normalized spacial score (nSPS) is 14.3. The lowest BCUT2D eigenvalue weighted by molar-refractivity contribution is -0.138. The van der Waals surface area contributed by atoms with E-state index in [2.05, 4.69) is 26.2 Å². The van der Waals surface area contributed by atoms with Crippen molar-refractivity contribution in [2.45, 2.75) is 39.2 Å². The molecule has 6 heteroatoms. The number of aromatic amines is 1. The van der Waals surface area contributed by atoms with Crippen LogP contribution in [0.15, 0.2) is 24.7 Å². The maximum absolute atomic E-state index is 9.60. The number of rotatable bonds is 2. The molecule has 124 valence electrons. The Bertz CT molecular complexity index is 698. The molecule has 0 aromatic carbocycles. The van der Waals surface area contributed by atoms with Crippen molar-refractivity contribution in [1.29, 1.82) is 0 Å². The molecule has 1 aliphatic rings.